The summed E-state index contributed by atoms with van der Waals surface area (Å²) in [7, 11) is 0. The number of rotatable bonds is 9. The molecule has 0 radical (unpaired) electrons. The number of ether oxygens (including phenoxy) is 2. The van der Waals surface area contributed by atoms with Gasteiger partial charge in [-0.15, -0.1) is 0 Å². The largest absolute Gasteiger partial charge is 0.494 e. The number of hydrogen-bond donors (Lipinski definition) is 0. The quantitative estimate of drug-likeness (QED) is 0.409. The average molecular weight is 457 g/mol. The zero-order valence-corrected chi connectivity index (χ0v) is 19.7. The molecule has 2 amide bonds. The van der Waals surface area contributed by atoms with Gasteiger partial charge in [-0.1, -0.05) is 42.5 Å². The molecule has 0 unspecified atom stereocenters. The Balaban J connectivity index is 1.88. The highest BCUT2D eigenvalue weighted by atomic mass is 16.5. The predicted octanol–water partition coefficient (Wildman–Crippen LogP) is 5.30. The second-order valence-electron chi connectivity index (χ2n) is 7.61. The van der Waals surface area contributed by atoms with Crippen LogP contribution < -0.4 is 19.3 Å². The van der Waals surface area contributed by atoms with E-state index in [0.717, 1.165) is 5.69 Å². The van der Waals surface area contributed by atoms with Gasteiger partial charge < -0.3 is 14.4 Å². The van der Waals surface area contributed by atoms with Gasteiger partial charge in [0.05, 0.1) is 24.5 Å². The first kappa shape index (κ1) is 23.1. The van der Waals surface area contributed by atoms with Gasteiger partial charge in [0, 0.05) is 12.2 Å². The SMILES string of the molecule is CCOc1ccc(C2=C(N(CC)c3ccccc3)C(=O)N(c3ccccc3OCC)C2=O)cc1. The Hall–Kier alpha value is -4.06. The highest BCUT2D eigenvalue weighted by Gasteiger charge is 2.43. The maximum absolute atomic E-state index is 13.9. The predicted molar refractivity (Wildman–Crippen MR) is 134 cm³/mol. The summed E-state index contributed by atoms with van der Waals surface area (Å²) in [5, 5.41) is 0. The van der Waals surface area contributed by atoms with Gasteiger partial charge in [-0.05, 0) is 62.7 Å². The van der Waals surface area contributed by atoms with Crippen LogP contribution in [0.15, 0.2) is 84.6 Å². The third kappa shape index (κ3) is 4.27. The first-order valence-electron chi connectivity index (χ1n) is 11.5. The summed E-state index contributed by atoms with van der Waals surface area (Å²) in [6.07, 6.45) is 0. The molecule has 6 nitrogen and oxygen atoms in total. The summed E-state index contributed by atoms with van der Waals surface area (Å²) in [4.78, 5) is 30.9. The van der Waals surface area contributed by atoms with Crippen LogP contribution in [-0.4, -0.2) is 31.6 Å². The Kier molecular flexibility index (Phi) is 6.97. The molecule has 0 N–H and O–H groups in total. The van der Waals surface area contributed by atoms with Crippen molar-refractivity contribution in [2.24, 2.45) is 0 Å². The molecule has 34 heavy (non-hydrogen) atoms. The number of para-hydroxylation sites is 3. The minimum Gasteiger partial charge on any atom is -0.494 e. The van der Waals surface area contributed by atoms with Crippen LogP contribution >= 0.6 is 0 Å². The molecule has 0 spiro atoms. The van der Waals surface area contributed by atoms with E-state index in [-0.39, 0.29) is 11.8 Å². The first-order chi connectivity index (χ1) is 16.6. The van der Waals surface area contributed by atoms with E-state index in [1.165, 1.54) is 4.90 Å². The number of amides is 2. The van der Waals surface area contributed by atoms with Crippen molar-refractivity contribution in [3.8, 4) is 11.5 Å². The van der Waals surface area contributed by atoms with Gasteiger partial charge in [0.1, 0.15) is 17.2 Å². The van der Waals surface area contributed by atoms with Crippen molar-refractivity contribution in [1.29, 1.82) is 0 Å². The van der Waals surface area contributed by atoms with Crippen molar-refractivity contribution in [2.45, 2.75) is 20.8 Å². The minimum absolute atomic E-state index is 0.342. The molecule has 0 saturated carbocycles. The van der Waals surface area contributed by atoms with E-state index in [1.54, 1.807) is 18.2 Å². The molecule has 1 heterocycles. The standard InChI is InChI=1S/C28H28N2O4/c1-4-29(21-12-8-7-9-13-21)26-25(20-16-18-22(19-17-20)33-5-2)27(31)30(28(26)32)23-14-10-11-15-24(23)34-6-3/h7-19H,4-6H2,1-3H3. The number of anilines is 2. The van der Waals surface area contributed by atoms with Crippen LogP contribution in [-0.2, 0) is 9.59 Å². The van der Waals surface area contributed by atoms with E-state index < -0.39 is 0 Å². The third-order valence-electron chi connectivity index (χ3n) is 5.57. The summed E-state index contributed by atoms with van der Waals surface area (Å²) in [5.74, 6) is 0.429. The van der Waals surface area contributed by atoms with Gasteiger partial charge >= 0.3 is 0 Å². The van der Waals surface area contributed by atoms with E-state index >= 15 is 0 Å². The maximum Gasteiger partial charge on any atom is 0.282 e. The fraction of sp³-hybridized carbons (Fsp3) is 0.214. The molecule has 1 aliphatic rings. The number of likely N-dealkylation sites (N-methyl/N-ethyl adjacent to an activating group) is 1. The lowest BCUT2D eigenvalue weighted by molar-refractivity contribution is -0.120. The number of carbonyl (C=O) groups excluding carboxylic acids is 2. The Morgan fingerprint density at radius 1 is 0.735 bits per heavy atom. The maximum atomic E-state index is 13.9. The molecule has 0 atom stereocenters. The monoisotopic (exact) mass is 456 g/mol. The molecule has 0 aliphatic carbocycles. The van der Waals surface area contributed by atoms with Crippen molar-refractivity contribution >= 4 is 28.8 Å². The van der Waals surface area contributed by atoms with Crippen LogP contribution in [0, 0.1) is 0 Å². The Morgan fingerprint density at radius 2 is 1.38 bits per heavy atom. The van der Waals surface area contributed by atoms with Gasteiger partial charge in [0.2, 0.25) is 0 Å². The summed E-state index contributed by atoms with van der Waals surface area (Å²) < 4.78 is 11.3. The summed E-state index contributed by atoms with van der Waals surface area (Å²) in [5.41, 5.74) is 2.62. The Bertz CT molecular complexity index is 1200. The Morgan fingerprint density at radius 3 is 2.03 bits per heavy atom. The lowest BCUT2D eigenvalue weighted by Gasteiger charge is -2.25. The second kappa shape index (κ2) is 10.3. The van der Waals surface area contributed by atoms with Gasteiger partial charge in [-0.3, -0.25) is 9.59 Å². The van der Waals surface area contributed by atoms with E-state index in [1.807, 2.05) is 86.3 Å². The van der Waals surface area contributed by atoms with Crippen molar-refractivity contribution in [2.75, 3.05) is 29.6 Å². The number of carbonyl (C=O) groups is 2. The van der Waals surface area contributed by atoms with Crippen molar-refractivity contribution in [1.82, 2.24) is 0 Å². The van der Waals surface area contributed by atoms with Crippen LogP contribution in [0.3, 0.4) is 0 Å². The number of benzene rings is 3. The van der Waals surface area contributed by atoms with Crippen LogP contribution in [0.5, 0.6) is 11.5 Å². The normalized spacial score (nSPS) is 13.4. The lowest BCUT2D eigenvalue weighted by atomic mass is 10.0. The highest BCUT2D eigenvalue weighted by molar-refractivity contribution is 6.46. The molecule has 0 bridgehead atoms. The zero-order valence-electron chi connectivity index (χ0n) is 19.7. The summed E-state index contributed by atoms with van der Waals surface area (Å²) in [6.45, 7) is 7.23. The molecular formula is C28H28N2O4. The summed E-state index contributed by atoms with van der Waals surface area (Å²) in [6, 6.07) is 24.0. The number of nitrogens with zero attached hydrogens (tertiary/aromatic N) is 2. The minimum atomic E-state index is -0.384. The average Bonchev–Trinajstić information content (AvgIpc) is 3.11. The third-order valence-corrected chi connectivity index (χ3v) is 5.57. The van der Waals surface area contributed by atoms with E-state index in [0.29, 0.717) is 53.8 Å². The van der Waals surface area contributed by atoms with E-state index in [2.05, 4.69) is 0 Å². The topological polar surface area (TPSA) is 59.1 Å². The van der Waals surface area contributed by atoms with Crippen LogP contribution in [0.25, 0.3) is 5.57 Å². The second-order valence-corrected chi connectivity index (χ2v) is 7.61. The van der Waals surface area contributed by atoms with Crippen LogP contribution in [0.4, 0.5) is 11.4 Å². The molecule has 6 heteroatoms. The fourth-order valence-electron chi connectivity index (χ4n) is 4.13. The van der Waals surface area contributed by atoms with E-state index in [9.17, 15) is 9.59 Å². The van der Waals surface area contributed by atoms with Gasteiger partial charge in [0.15, 0.2) is 0 Å². The molecule has 0 saturated heterocycles. The number of hydrogen-bond acceptors (Lipinski definition) is 5. The molecular weight excluding hydrogens is 428 g/mol. The zero-order chi connectivity index (χ0) is 24.1. The molecule has 0 aromatic heterocycles. The molecule has 0 fully saturated rings. The van der Waals surface area contributed by atoms with Crippen molar-refractivity contribution in [3.63, 3.8) is 0 Å². The molecule has 3 aromatic carbocycles. The van der Waals surface area contributed by atoms with Gasteiger partial charge in [-0.25, -0.2) is 4.90 Å². The van der Waals surface area contributed by atoms with Crippen molar-refractivity contribution < 1.29 is 19.1 Å². The smallest absolute Gasteiger partial charge is 0.282 e. The summed E-state index contributed by atoms with van der Waals surface area (Å²) >= 11 is 0. The van der Waals surface area contributed by atoms with Crippen LogP contribution in [0.1, 0.15) is 26.3 Å². The van der Waals surface area contributed by atoms with Gasteiger partial charge in [0.25, 0.3) is 11.8 Å². The highest BCUT2D eigenvalue weighted by Crippen LogP contribution is 2.40. The molecule has 3 aromatic rings. The van der Waals surface area contributed by atoms with Gasteiger partial charge in [-0.2, -0.15) is 0 Å². The number of imide groups is 1. The lowest BCUT2D eigenvalue weighted by Crippen LogP contribution is -2.35. The molecule has 4 rings (SSSR count). The van der Waals surface area contributed by atoms with Crippen molar-refractivity contribution in [3.05, 3.63) is 90.1 Å². The first-order valence-corrected chi connectivity index (χ1v) is 11.5. The Labute approximate surface area is 200 Å². The van der Waals surface area contributed by atoms with E-state index in [4.69, 9.17) is 9.47 Å². The molecule has 1 aliphatic heterocycles. The fourth-order valence-corrected chi connectivity index (χ4v) is 4.13. The van der Waals surface area contributed by atoms with Crippen LogP contribution in [0.2, 0.25) is 0 Å². The molecule has 174 valence electrons.